The second kappa shape index (κ2) is 11.1. The minimum absolute atomic E-state index is 0.0137. The molecule has 0 saturated heterocycles. The Morgan fingerprint density at radius 2 is 1.72 bits per heavy atom. The van der Waals surface area contributed by atoms with E-state index in [1.165, 1.54) is 18.2 Å². The van der Waals surface area contributed by atoms with Crippen LogP contribution in [0.4, 0.5) is 8.78 Å². The molecule has 2 aromatic rings. The lowest BCUT2D eigenvalue weighted by Crippen LogP contribution is -2.29. The van der Waals surface area contributed by atoms with E-state index < -0.39 is 17.5 Å². The predicted molar refractivity (Wildman–Crippen MR) is 111 cm³/mol. The minimum atomic E-state index is -0.834. The number of allylic oxidation sites excluding steroid dienone is 1. The van der Waals surface area contributed by atoms with Crippen LogP contribution in [0.15, 0.2) is 54.6 Å². The van der Waals surface area contributed by atoms with Crippen molar-refractivity contribution < 1.29 is 18.4 Å². The van der Waals surface area contributed by atoms with Crippen molar-refractivity contribution in [3.63, 3.8) is 0 Å². The van der Waals surface area contributed by atoms with Gasteiger partial charge in [-0.05, 0) is 55.3 Å². The second-order valence-corrected chi connectivity index (χ2v) is 6.57. The summed E-state index contributed by atoms with van der Waals surface area (Å²) in [6, 6.07) is 9.73. The zero-order valence-electron chi connectivity index (χ0n) is 15.8. The van der Waals surface area contributed by atoms with Gasteiger partial charge in [0.15, 0.2) is 0 Å². The fraction of sp³-hybridized carbons (Fsp3) is 0.182. The molecule has 2 N–H and O–H groups in total. The van der Waals surface area contributed by atoms with Gasteiger partial charge in [-0.1, -0.05) is 29.8 Å². The molecule has 0 fully saturated rings. The highest BCUT2D eigenvalue weighted by atomic mass is 35.5. The Kier molecular flexibility index (Phi) is 8.55. The molecule has 152 valence electrons. The number of hydrogen-bond donors (Lipinski definition) is 2. The van der Waals surface area contributed by atoms with Crippen LogP contribution in [0.25, 0.3) is 11.6 Å². The average Bonchev–Trinajstić information content (AvgIpc) is 2.68. The van der Waals surface area contributed by atoms with Crippen LogP contribution >= 0.6 is 11.6 Å². The smallest absolute Gasteiger partial charge is 0.252 e. The van der Waals surface area contributed by atoms with Crippen molar-refractivity contribution in [1.82, 2.24) is 10.6 Å². The van der Waals surface area contributed by atoms with Crippen LogP contribution in [-0.2, 0) is 9.59 Å². The quantitative estimate of drug-likeness (QED) is 0.380. The van der Waals surface area contributed by atoms with Crippen molar-refractivity contribution in [1.29, 1.82) is 0 Å². The first-order chi connectivity index (χ1) is 13.9. The van der Waals surface area contributed by atoms with E-state index in [4.69, 9.17) is 11.6 Å². The van der Waals surface area contributed by atoms with Crippen molar-refractivity contribution in [2.75, 3.05) is 13.1 Å². The van der Waals surface area contributed by atoms with Crippen LogP contribution in [0.2, 0.25) is 5.02 Å². The predicted octanol–water partition coefficient (Wildman–Crippen LogP) is 4.36. The molecule has 0 aliphatic heterocycles. The maximum absolute atomic E-state index is 14.3. The molecule has 0 radical (unpaired) electrons. The standard InChI is InChI=1S/C22H21ClF2N2O2/c1-2-4-21(28)26-11-3-12-27-22(29)19(13-15-5-7-16(23)8-6-15)18-10-9-17(24)14-20(18)25/h2,4-10,13-14H,3,11-12H2,1H3,(H,26,28)(H,27,29)/b4-2?,19-13+. The molecular formula is C22H21ClF2N2O2. The highest BCUT2D eigenvalue weighted by Gasteiger charge is 2.16. The molecule has 0 unspecified atom stereocenters. The third kappa shape index (κ3) is 7.16. The van der Waals surface area contributed by atoms with Gasteiger partial charge in [-0.15, -0.1) is 0 Å². The number of amides is 2. The summed E-state index contributed by atoms with van der Waals surface area (Å²) in [5.74, 6) is -2.28. The van der Waals surface area contributed by atoms with E-state index in [1.807, 2.05) is 0 Å². The number of hydrogen-bond acceptors (Lipinski definition) is 2. The fourth-order valence-corrected chi connectivity index (χ4v) is 2.63. The first-order valence-electron chi connectivity index (χ1n) is 9.02. The summed E-state index contributed by atoms with van der Waals surface area (Å²) < 4.78 is 27.6. The first-order valence-corrected chi connectivity index (χ1v) is 9.40. The molecule has 0 spiro atoms. The van der Waals surface area contributed by atoms with Gasteiger partial charge in [0.05, 0.1) is 5.57 Å². The van der Waals surface area contributed by atoms with Gasteiger partial charge in [-0.2, -0.15) is 0 Å². The van der Waals surface area contributed by atoms with E-state index >= 15 is 0 Å². The number of halogens is 3. The molecular weight excluding hydrogens is 398 g/mol. The summed E-state index contributed by atoms with van der Waals surface area (Å²) in [6.07, 6.45) is 5.04. The van der Waals surface area contributed by atoms with Gasteiger partial charge < -0.3 is 10.6 Å². The first kappa shape index (κ1) is 22.3. The summed E-state index contributed by atoms with van der Waals surface area (Å²) >= 11 is 5.87. The lowest BCUT2D eigenvalue weighted by Gasteiger charge is -2.11. The Balaban J connectivity index is 2.13. The molecule has 0 aromatic heterocycles. The highest BCUT2D eigenvalue weighted by molar-refractivity contribution is 6.30. The van der Waals surface area contributed by atoms with Crippen molar-refractivity contribution in [2.24, 2.45) is 0 Å². The van der Waals surface area contributed by atoms with Gasteiger partial charge in [-0.25, -0.2) is 8.78 Å². The van der Waals surface area contributed by atoms with Crippen LogP contribution in [-0.4, -0.2) is 24.9 Å². The molecule has 29 heavy (non-hydrogen) atoms. The molecule has 0 saturated carbocycles. The second-order valence-electron chi connectivity index (χ2n) is 6.13. The number of benzene rings is 2. The maximum Gasteiger partial charge on any atom is 0.252 e. The zero-order valence-corrected chi connectivity index (χ0v) is 16.6. The zero-order chi connectivity index (χ0) is 21.2. The van der Waals surface area contributed by atoms with Crippen molar-refractivity contribution in [3.8, 4) is 0 Å². The SMILES string of the molecule is CC=CC(=O)NCCCNC(=O)/C(=C/c1ccc(Cl)cc1)c1ccc(F)cc1F. The van der Waals surface area contributed by atoms with Gasteiger partial charge in [0.25, 0.3) is 5.91 Å². The molecule has 0 atom stereocenters. The molecule has 0 heterocycles. The van der Waals surface area contributed by atoms with Crippen LogP contribution in [0.3, 0.4) is 0 Å². The Morgan fingerprint density at radius 3 is 2.38 bits per heavy atom. The Labute approximate surface area is 173 Å². The van der Waals surface area contributed by atoms with Crippen LogP contribution in [0, 0.1) is 11.6 Å². The fourth-order valence-electron chi connectivity index (χ4n) is 2.51. The summed E-state index contributed by atoms with van der Waals surface area (Å²) in [6.45, 7) is 2.39. The lowest BCUT2D eigenvalue weighted by atomic mass is 10.0. The Morgan fingerprint density at radius 1 is 1.03 bits per heavy atom. The number of carbonyl (C=O) groups is 2. The normalized spacial score (nSPS) is 11.5. The summed E-state index contributed by atoms with van der Waals surface area (Å²) in [5, 5.41) is 5.90. The maximum atomic E-state index is 14.3. The average molecular weight is 419 g/mol. The number of rotatable bonds is 8. The minimum Gasteiger partial charge on any atom is -0.352 e. The molecule has 2 amide bonds. The van der Waals surface area contributed by atoms with Crippen molar-refractivity contribution >= 4 is 35.1 Å². The molecule has 0 aliphatic rings. The van der Waals surface area contributed by atoms with Crippen LogP contribution in [0.5, 0.6) is 0 Å². The van der Waals surface area contributed by atoms with E-state index in [9.17, 15) is 18.4 Å². The van der Waals surface area contributed by atoms with E-state index in [0.29, 0.717) is 23.6 Å². The summed E-state index contributed by atoms with van der Waals surface area (Å²) in [7, 11) is 0. The van der Waals surface area contributed by atoms with Gasteiger partial charge in [0.2, 0.25) is 5.91 Å². The van der Waals surface area contributed by atoms with Gasteiger partial charge >= 0.3 is 0 Å². The molecule has 0 aliphatic carbocycles. The molecule has 2 aromatic carbocycles. The monoisotopic (exact) mass is 418 g/mol. The van der Waals surface area contributed by atoms with Gasteiger partial charge in [0.1, 0.15) is 11.6 Å². The molecule has 4 nitrogen and oxygen atoms in total. The van der Waals surface area contributed by atoms with Crippen molar-refractivity contribution in [3.05, 3.63) is 82.4 Å². The number of carbonyl (C=O) groups excluding carboxylic acids is 2. The molecule has 2 rings (SSSR count). The van der Waals surface area contributed by atoms with Gasteiger partial charge in [-0.3, -0.25) is 9.59 Å². The lowest BCUT2D eigenvalue weighted by molar-refractivity contribution is -0.116. The topological polar surface area (TPSA) is 58.2 Å². The van der Waals surface area contributed by atoms with E-state index in [0.717, 1.165) is 12.1 Å². The Hall–Kier alpha value is -2.99. The summed E-state index contributed by atoms with van der Waals surface area (Å²) in [4.78, 5) is 24.0. The number of nitrogens with one attached hydrogen (secondary N) is 2. The van der Waals surface area contributed by atoms with E-state index in [2.05, 4.69) is 10.6 Å². The highest BCUT2D eigenvalue weighted by Crippen LogP contribution is 2.23. The van der Waals surface area contributed by atoms with E-state index in [-0.39, 0.29) is 23.6 Å². The third-order valence-electron chi connectivity index (χ3n) is 3.90. The molecule has 7 heteroatoms. The molecule has 0 bridgehead atoms. The van der Waals surface area contributed by atoms with Gasteiger partial charge in [0, 0.05) is 29.7 Å². The van der Waals surface area contributed by atoms with E-state index in [1.54, 1.807) is 37.3 Å². The Bertz CT molecular complexity index is 925. The summed E-state index contributed by atoms with van der Waals surface area (Å²) in [5.41, 5.74) is 0.685. The largest absolute Gasteiger partial charge is 0.352 e. The third-order valence-corrected chi connectivity index (χ3v) is 4.16. The van der Waals surface area contributed by atoms with Crippen LogP contribution in [0.1, 0.15) is 24.5 Å². The van der Waals surface area contributed by atoms with Crippen LogP contribution < -0.4 is 10.6 Å². The van der Waals surface area contributed by atoms with Crippen molar-refractivity contribution in [2.45, 2.75) is 13.3 Å².